The van der Waals surface area contributed by atoms with Crippen LogP contribution in [0.4, 0.5) is 0 Å². The summed E-state index contributed by atoms with van der Waals surface area (Å²) in [5.74, 6) is -0.524. The van der Waals surface area contributed by atoms with Gasteiger partial charge in [-0.1, -0.05) is 0 Å². The van der Waals surface area contributed by atoms with Gasteiger partial charge in [0.1, 0.15) is 6.61 Å². The minimum absolute atomic E-state index is 0.136. The van der Waals surface area contributed by atoms with E-state index in [-0.39, 0.29) is 12.6 Å². The Hall–Kier alpha value is -1.53. The molecule has 76 valence electrons. The summed E-state index contributed by atoms with van der Waals surface area (Å²) in [7, 11) is 0. The molecule has 6 nitrogen and oxygen atoms in total. The minimum atomic E-state index is -0.524. The molecule has 0 saturated heterocycles. The zero-order chi connectivity index (χ0) is 10.4. The van der Waals surface area contributed by atoms with Crippen LogP contribution in [0.25, 0.3) is 0 Å². The number of nitrogens with two attached hydrogens (primary N) is 1. The normalized spacial score (nSPS) is 12.4. The van der Waals surface area contributed by atoms with Crippen molar-refractivity contribution in [2.75, 3.05) is 6.61 Å². The van der Waals surface area contributed by atoms with E-state index in [2.05, 4.69) is 15.4 Å². The lowest BCUT2D eigenvalue weighted by Gasteiger charge is -2.11. The molecule has 0 aliphatic carbocycles. The average Bonchev–Trinajstić information content (AvgIpc) is 2.18. The van der Waals surface area contributed by atoms with Crippen molar-refractivity contribution < 1.29 is 9.63 Å². The van der Waals surface area contributed by atoms with Gasteiger partial charge in [-0.2, -0.15) is 5.48 Å². The average molecular weight is 196 g/mol. The van der Waals surface area contributed by atoms with Gasteiger partial charge in [0.2, 0.25) is 5.91 Å². The number of carbonyl (C=O) groups excluding carboxylic acids is 1. The SMILES string of the molecule is CC(NOCC(N)=O)c1cnccn1. The molecule has 1 aromatic heterocycles. The maximum absolute atomic E-state index is 10.3. The summed E-state index contributed by atoms with van der Waals surface area (Å²) >= 11 is 0. The zero-order valence-electron chi connectivity index (χ0n) is 7.80. The Bertz CT molecular complexity index is 291. The molecule has 14 heavy (non-hydrogen) atoms. The topological polar surface area (TPSA) is 90.1 Å². The van der Waals surface area contributed by atoms with Gasteiger partial charge in [-0.3, -0.25) is 19.6 Å². The lowest BCUT2D eigenvalue weighted by atomic mass is 10.3. The first-order valence-corrected chi connectivity index (χ1v) is 4.11. The van der Waals surface area contributed by atoms with Crippen LogP contribution in [-0.2, 0) is 9.63 Å². The summed E-state index contributed by atoms with van der Waals surface area (Å²) in [6, 6.07) is -0.136. The first-order chi connectivity index (χ1) is 6.70. The highest BCUT2D eigenvalue weighted by molar-refractivity contribution is 5.74. The van der Waals surface area contributed by atoms with Gasteiger partial charge in [-0.05, 0) is 6.92 Å². The van der Waals surface area contributed by atoms with Gasteiger partial charge in [0, 0.05) is 12.4 Å². The highest BCUT2D eigenvalue weighted by Gasteiger charge is 2.06. The van der Waals surface area contributed by atoms with E-state index < -0.39 is 5.91 Å². The van der Waals surface area contributed by atoms with Crippen LogP contribution >= 0.6 is 0 Å². The van der Waals surface area contributed by atoms with Crippen LogP contribution < -0.4 is 11.2 Å². The summed E-state index contributed by atoms with van der Waals surface area (Å²) in [4.78, 5) is 23.1. The lowest BCUT2D eigenvalue weighted by molar-refractivity contribution is -0.126. The number of primary amides is 1. The van der Waals surface area contributed by atoms with Crippen LogP contribution in [-0.4, -0.2) is 22.5 Å². The molecule has 1 amide bonds. The molecule has 1 atom stereocenters. The first kappa shape index (κ1) is 10.6. The number of amides is 1. The molecule has 1 heterocycles. The summed E-state index contributed by atoms with van der Waals surface area (Å²) in [5, 5.41) is 0. The highest BCUT2D eigenvalue weighted by Crippen LogP contribution is 2.05. The number of hydrogen-bond donors (Lipinski definition) is 2. The number of hydroxylamine groups is 1. The molecule has 0 bridgehead atoms. The molecule has 0 radical (unpaired) electrons. The lowest BCUT2D eigenvalue weighted by Crippen LogP contribution is -2.27. The fourth-order valence-electron chi connectivity index (χ4n) is 0.832. The summed E-state index contributed by atoms with van der Waals surface area (Å²) in [6.45, 7) is 1.68. The van der Waals surface area contributed by atoms with Gasteiger partial charge in [0.25, 0.3) is 0 Å². The number of carbonyl (C=O) groups is 1. The van der Waals surface area contributed by atoms with E-state index in [1.807, 2.05) is 6.92 Å². The second-order valence-corrected chi connectivity index (χ2v) is 2.72. The Kier molecular flexibility index (Phi) is 3.96. The van der Waals surface area contributed by atoms with E-state index in [9.17, 15) is 4.79 Å². The predicted octanol–water partition coefficient (Wildman–Crippen LogP) is -0.456. The van der Waals surface area contributed by atoms with Gasteiger partial charge < -0.3 is 5.73 Å². The molecular formula is C8H12N4O2. The summed E-state index contributed by atoms with van der Waals surface area (Å²) < 4.78 is 0. The number of nitrogens with one attached hydrogen (secondary N) is 1. The van der Waals surface area contributed by atoms with Gasteiger partial charge >= 0.3 is 0 Å². The number of hydrogen-bond acceptors (Lipinski definition) is 5. The highest BCUT2D eigenvalue weighted by atomic mass is 16.6. The standard InChI is InChI=1S/C8H12N4O2/c1-6(12-14-5-8(9)13)7-4-10-2-3-11-7/h2-4,6,12H,5H2,1H3,(H2,9,13). The van der Waals surface area contributed by atoms with Crippen molar-refractivity contribution in [1.82, 2.24) is 15.4 Å². The number of nitrogens with zero attached hydrogens (tertiary/aromatic N) is 2. The molecule has 0 aliphatic heterocycles. The van der Waals surface area contributed by atoms with Crippen LogP contribution in [0.15, 0.2) is 18.6 Å². The van der Waals surface area contributed by atoms with Gasteiger partial charge in [-0.25, -0.2) is 0 Å². The molecule has 0 saturated carbocycles. The smallest absolute Gasteiger partial charge is 0.245 e. The fraction of sp³-hybridized carbons (Fsp3) is 0.375. The Morgan fingerprint density at radius 2 is 2.50 bits per heavy atom. The van der Waals surface area contributed by atoms with Crippen molar-refractivity contribution >= 4 is 5.91 Å². The molecular weight excluding hydrogens is 184 g/mol. The van der Waals surface area contributed by atoms with E-state index in [0.717, 1.165) is 5.69 Å². The van der Waals surface area contributed by atoms with Crippen molar-refractivity contribution in [3.63, 3.8) is 0 Å². The van der Waals surface area contributed by atoms with Crippen LogP contribution in [0.2, 0.25) is 0 Å². The van der Waals surface area contributed by atoms with Gasteiger partial charge in [0.05, 0.1) is 17.9 Å². The van der Waals surface area contributed by atoms with Crippen LogP contribution in [0.3, 0.4) is 0 Å². The quantitative estimate of drug-likeness (QED) is 0.622. The number of aromatic nitrogens is 2. The second kappa shape index (κ2) is 5.25. The Morgan fingerprint density at radius 1 is 1.71 bits per heavy atom. The van der Waals surface area contributed by atoms with Crippen molar-refractivity contribution in [1.29, 1.82) is 0 Å². The first-order valence-electron chi connectivity index (χ1n) is 4.11. The molecule has 0 spiro atoms. The van der Waals surface area contributed by atoms with Crippen molar-refractivity contribution in [3.8, 4) is 0 Å². The van der Waals surface area contributed by atoms with E-state index >= 15 is 0 Å². The molecule has 3 N–H and O–H groups in total. The summed E-state index contributed by atoms with van der Waals surface area (Å²) in [6.07, 6.45) is 4.79. The third-order valence-corrected chi connectivity index (χ3v) is 1.50. The van der Waals surface area contributed by atoms with Crippen LogP contribution in [0, 0.1) is 0 Å². The minimum Gasteiger partial charge on any atom is -0.368 e. The molecule has 0 aliphatic rings. The van der Waals surface area contributed by atoms with Crippen molar-refractivity contribution in [3.05, 3.63) is 24.3 Å². The van der Waals surface area contributed by atoms with E-state index in [4.69, 9.17) is 10.6 Å². The monoisotopic (exact) mass is 196 g/mol. The largest absolute Gasteiger partial charge is 0.368 e. The van der Waals surface area contributed by atoms with Crippen molar-refractivity contribution in [2.45, 2.75) is 13.0 Å². The molecule has 1 unspecified atom stereocenters. The summed E-state index contributed by atoms with van der Waals surface area (Å²) in [5.41, 5.74) is 8.25. The molecule has 6 heteroatoms. The Balaban J connectivity index is 2.36. The fourth-order valence-corrected chi connectivity index (χ4v) is 0.832. The maximum atomic E-state index is 10.3. The predicted molar refractivity (Wildman–Crippen MR) is 48.7 cm³/mol. The molecule has 0 aromatic carbocycles. The van der Waals surface area contributed by atoms with Gasteiger partial charge in [0.15, 0.2) is 0 Å². The zero-order valence-corrected chi connectivity index (χ0v) is 7.80. The molecule has 0 fully saturated rings. The number of rotatable bonds is 5. The van der Waals surface area contributed by atoms with Crippen molar-refractivity contribution in [2.24, 2.45) is 5.73 Å². The van der Waals surface area contributed by atoms with E-state index in [1.165, 1.54) is 0 Å². The van der Waals surface area contributed by atoms with Crippen LogP contribution in [0.1, 0.15) is 18.7 Å². The van der Waals surface area contributed by atoms with E-state index in [0.29, 0.717) is 0 Å². The molecule has 1 rings (SSSR count). The maximum Gasteiger partial charge on any atom is 0.245 e. The second-order valence-electron chi connectivity index (χ2n) is 2.72. The molecule has 1 aromatic rings. The third-order valence-electron chi connectivity index (χ3n) is 1.50. The Morgan fingerprint density at radius 3 is 3.07 bits per heavy atom. The van der Waals surface area contributed by atoms with Gasteiger partial charge in [-0.15, -0.1) is 0 Å². The van der Waals surface area contributed by atoms with Crippen LogP contribution in [0.5, 0.6) is 0 Å². The van der Waals surface area contributed by atoms with E-state index in [1.54, 1.807) is 18.6 Å². The Labute approximate surface area is 81.4 Å². The third kappa shape index (κ3) is 3.46.